The number of halogens is 1. The minimum atomic E-state index is -0.0747. The van der Waals surface area contributed by atoms with Gasteiger partial charge in [-0.05, 0) is 42.0 Å². The summed E-state index contributed by atoms with van der Waals surface area (Å²) in [5.74, 6) is -0.0747. The quantitative estimate of drug-likeness (QED) is 0.258. The van der Waals surface area contributed by atoms with Gasteiger partial charge in [-0.25, -0.2) is 0 Å². The van der Waals surface area contributed by atoms with Crippen molar-refractivity contribution in [2.75, 3.05) is 5.32 Å². The number of rotatable bonds is 7. The van der Waals surface area contributed by atoms with Gasteiger partial charge < -0.3 is 9.88 Å². The van der Waals surface area contributed by atoms with Crippen LogP contribution in [0.1, 0.15) is 11.3 Å². The van der Waals surface area contributed by atoms with Gasteiger partial charge in [0.05, 0.1) is 6.42 Å². The summed E-state index contributed by atoms with van der Waals surface area (Å²) >= 11 is 7.82. The smallest absolute Gasteiger partial charge is 0.230 e. The van der Waals surface area contributed by atoms with Crippen molar-refractivity contribution in [1.29, 1.82) is 0 Å². The number of anilines is 1. The van der Waals surface area contributed by atoms with E-state index in [-0.39, 0.29) is 12.3 Å². The van der Waals surface area contributed by atoms with Gasteiger partial charge in [-0.1, -0.05) is 96.2 Å². The molecule has 0 saturated heterocycles. The van der Waals surface area contributed by atoms with E-state index in [4.69, 9.17) is 11.6 Å². The van der Waals surface area contributed by atoms with E-state index in [1.54, 1.807) is 23.9 Å². The normalized spacial score (nSPS) is 11.0. The Hall–Kier alpha value is -3.47. The molecule has 0 spiro atoms. The third-order valence-electron chi connectivity index (χ3n) is 5.61. The highest BCUT2D eigenvalue weighted by Crippen LogP contribution is 2.39. The van der Waals surface area contributed by atoms with Crippen LogP contribution in [0.2, 0.25) is 5.02 Å². The van der Waals surface area contributed by atoms with Gasteiger partial charge >= 0.3 is 0 Å². The largest absolute Gasteiger partial charge is 0.338 e. The molecule has 0 aliphatic heterocycles. The fourth-order valence-electron chi connectivity index (χ4n) is 4.09. The second kappa shape index (κ2) is 10.2. The van der Waals surface area contributed by atoms with Crippen LogP contribution in [0.3, 0.4) is 0 Å². The number of aromatic nitrogens is 1. The Labute approximate surface area is 208 Å². The summed E-state index contributed by atoms with van der Waals surface area (Å²) in [5.41, 5.74) is 4.00. The van der Waals surface area contributed by atoms with Crippen LogP contribution in [0.25, 0.3) is 10.9 Å². The van der Waals surface area contributed by atoms with E-state index >= 15 is 0 Å². The second-order valence-corrected chi connectivity index (χ2v) is 9.54. The van der Waals surface area contributed by atoms with E-state index in [1.165, 1.54) is 5.56 Å². The van der Waals surface area contributed by atoms with E-state index in [9.17, 15) is 4.79 Å². The molecular weight excluding hydrogens is 460 g/mol. The van der Waals surface area contributed by atoms with Crippen LogP contribution in [-0.4, -0.2) is 10.5 Å². The monoisotopic (exact) mass is 482 g/mol. The molecule has 5 aromatic rings. The minimum Gasteiger partial charge on any atom is -0.338 e. The molecule has 0 fully saturated rings. The summed E-state index contributed by atoms with van der Waals surface area (Å²) in [5, 5.41) is 4.76. The molecular formula is C29H23ClN2OS. The molecule has 0 unspecified atom stereocenters. The van der Waals surface area contributed by atoms with Crippen LogP contribution < -0.4 is 5.32 Å². The van der Waals surface area contributed by atoms with Crippen LogP contribution in [0.15, 0.2) is 119 Å². The van der Waals surface area contributed by atoms with Gasteiger partial charge in [-0.3, -0.25) is 4.79 Å². The lowest BCUT2D eigenvalue weighted by Crippen LogP contribution is -2.17. The molecule has 168 valence electrons. The first-order valence-corrected chi connectivity index (χ1v) is 12.3. The Morgan fingerprint density at radius 2 is 1.53 bits per heavy atom. The van der Waals surface area contributed by atoms with Gasteiger partial charge in [0.1, 0.15) is 0 Å². The Kier molecular flexibility index (Phi) is 6.70. The summed E-state index contributed by atoms with van der Waals surface area (Å²) in [6.45, 7) is 0.691. The molecule has 34 heavy (non-hydrogen) atoms. The highest BCUT2D eigenvalue weighted by Gasteiger charge is 2.21. The zero-order valence-corrected chi connectivity index (χ0v) is 20.0. The Morgan fingerprint density at radius 1 is 0.824 bits per heavy atom. The van der Waals surface area contributed by atoms with Gasteiger partial charge in [0.25, 0.3) is 0 Å². The summed E-state index contributed by atoms with van der Waals surface area (Å²) in [6.07, 6.45) is 0.253. The average molecular weight is 483 g/mol. The number of para-hydroxylation sites is 1. The predicted octanol–water partition coefficient (Wildman–Crippen LogP) is 7.68. The molecule has 4 aromatic carbocycles. The Morgan fingerprint density at radius 3 is 2.29 bits per heavy atom. The molecule has 5 heteroatoms. The fourth-order valence-corrected chi connectivity index (χ4v) is 5.39. The van der Waals surface area contributed by atoms with Crippen LogP contribution in [0.4, 0.5) is 5.69 Å². The fraction of sp³-hybridized carbons (Fsp3) is 0.0690. The van der Waals surface area contributed by atoms with E-state index in [0.29, 0.717) is 17.3 Å². The maximum absolute atomic E-state index is 13.2. The van der Waals surface area contributed by atoms with Crippen molar-refractivity contribution < 1.29 is 4.79 Å². The van der Waals surface area contributed by atoms with Gasteiger partial charge in [-0.15, -0.1) is 0 Å². The van der Waals surface area contributed by atoms with E-state index in [1.807, 2.05) is 48.5 Å². The highest BCUT2D eigenvalue weighted by molar-refractivity contribution is 7.99. The van der Waals surface area contributed by atoms with Gasteiger partial charge in [-0.2, -0.15) is 0 Å². The van der Waals surface area contributed by atoms with Gasteiger partial charge in [0, 0.05) is 43.6 Å². The number of carbonyl (C=O) groups excluding carboxylic acids is 1. The summed E-state index contributed by atoms with van der Waals surface area (Å²) in [7, 11) is 0. The highest BCUT2D eigenvalue weighted by atomic mass is 35.5. The Balaban J connectivity index is 1.58. The van der Waals surface area contributed by atoms with E-state index in [0.717, 1.165) is 26.4 Å². The number of benzene rings is 4. The number of amides is 1. The first-order chi connectivity index (χ1) is 16.7. The molecule has 0 bridgehead atoms. The molecule has 5 rings (SSSR count). The van der Waals surface area contributed by atoms with Crippen molar-refractivity contribution in [3.8, 4) is 0 Å². The lowest BCUT2D eigenvalue weighted by molar-refractivity contribution is -0.115. The predicted molar refractivity (Wildman–Crippen MR) is 142 cm³/mol. The molecule has 1 N–H and O–H groups in total. The standard InChI is InChI=1S/C29H23ClN2OS/c30-22-12-9-13-23(18-22)31-28(33)19-27-29(34-24-14-5-2-6-15-24)25-16-7-8-17-26(25)32(27)20-21-10-3-1-4-11-21/h1-18H,19-20H2,(H,31,33). The van der Waals surface area contributed by atoms with E-state index < -0.39 is 0 Å². The van der Waals surface area contributed by atoms with Gasteiger partial charge in [0.2, 0.25) is 5.91 Å². The lowest BCUT2D eigenvalue weighted by Gasteiger charge is -2.13. The zero-order valence-electron chi connectivity index (χ0n) is 18.4. The SMILES string of the molecule is O=C(Cc1c(Sc2ccccc2)c2ccccc2n1Cc1ccccc1)Nc1cccc(Cl)c1. The molecule has 0 saturated carbocycles. The first kappa shape index (κ1) is 22.3. The molecule has 0 aliphatic carbocycles. The topological polar surface area (TPSA) is 34.0 Å². The molecule has 3 nitrogen and oxygen atoms in total. The lowest BCUT2D eigenvalue weighted by atomic mass is 10.2. The molecule has 1 heterocycles. The molecule has 1 aromatic heterocycles. The average Bonchev–Trinajstić information content (AvgIpc) is 3.12. The molecule has 1 amide bonds. The van der Waals surface area contributed by atoms with Crippen molar-refractivity contribution in [3.63, 3.8) is 0 Å². The van der Waals surface area contributed by atoms with E-state index in [2.05, 4.69) is 58.4 Å². The Bertz CT molecular complexity index is 1350. The van der Waals surface area contributed by atoms with Crippen molar-refractivity contribution in [2.45, 2.75) is 22.8 Å². The van der Waals surface area contributed by atoms with Crippen molar-refractivity contribution in [2.24, 2.45) is 0 Å². The van der Waals surface area contributed by atoms with Crippen LogP contribution >= 0.6 is 23.4 Å². The summed E-state index contributed by atoms with van der Waals surface area (Å²) < 4.78 is 2.27. The maximum atomic E-state index is 13.2. The maximum Gasteiger partial charge on any atom is 0.230 e. The summed E-state index contributed by atoms with van der Waals surface area (Å²) in [4.78, 5) is 15.5. The van der Waals surface area contributed by atoms with Crippen molar-refractivity contribution in [1.82, 2.24) is 4.57 Å². The third kappa shape index (κ3) is 5.04. The van der Waals surface area contributed by atoms with Crippen LogP contribution in [0.5, 0.6) is 0 Å². The second-order valence-electron chi connectivity index (χ2n) is 8.02. The zero-order chi connectivity index (χ0) is 23.3. The van der Waals surface area contributed by atoms with Gasteiger partial charge in [0.15, 0.2) is 0 Å². The number of carbonyl (C=O) groups is 1. The number of hydrogen-bond donors (Lipinski definition) is 1. The first-order valence-electron chi connectivity index (χ1n) is 11.1. The molecule has 0 radical (unpaired) electrons. The number of nitrogens with zero attached hydrogens (tertiary/aromatic N) is 1. The van der Waals surface area contributed by atoms with Crippen molar-refractivity contribution >= 4 is 45.9 Å². The molecule has 0 aliphatic rings. The number of nitrogens with one attached hydrogen (secondary N) is 1. The number of hydrogen-bond acceptors (Lipinski definition) is 2. The summed E-state index contributed by atoms with van der Waals surface area (Å²) in [6, 6.07) is 36.3. The van der Waals surface area contributed by atoms with Crippen LogP contribution in [0, 0.1) is 0 Å². The van der Waals surface area contributed by atoms with Crippen molar-refractivity contribution in [3.05, 3.63) is 125 Å². The number of fused-ring (bicyclic) bond motifs is 1. The van der Waals surface area contributed by atoms with Crippen LogP contribution in [-0.2, 0) is 17.8 Å². The third-order valence-corrected chi connectivity index (χ3v) is 7.01. The minimum absolute atomic E-state index is 0.0747. The molecule has 0 atom stereocenters.